The number of anilines is 1. The number of hydrogen-bond donors (Lipinski definition) is 2. The van der Waals surface area contributed by atoms with E-state index in [2.05, 4.69) is 20.4 Å². The minimum Gasteiger partial charge on any atom is -0.324 e. The van der Waals surface area contributed by atoms with E-state index in [1.54, 1.807) is 18.2 Å². The molecular formula is C24H33FN4O. The van der Waals surface area contributed by atoms with Crippen LogP contribution in [0.4, 0.5) is 10.1 Å². The van der Waals surface area contributed by atoms with Gasteiger partial charge in [-0.15, -0.1) is 0 Å². The molecule has 1 aliphatic carbocycles. The molecule has 1 aliphatic heterocycles. The number of carbonyl (C=O) groups excluding carboxylic acids is 1. The molecule has 4 rings (SSSR count). The van der Waals surface area contributed by atoms with E-state index in [0.717, 1.165) is 38.9 Å². The van der Waals surface area contributed by atoms with Gasteiger partial charge in [-0.25, -0.2) is 4.39 Å². The lowest BCUT2D eigenvalue weighted by Crippen LogP contribution is -2.35. The minimum atomic E-state index is -0.386. The largest absolute Gasteiger partial charge is 0.324 e. The molecule has 30 heavy (non-hydrogen) atoms. The van der Waals surface area contributed by atoms with Crippen LogP contribution in [0.5, 0.6) is 0 Å². The van der Waals surface area contributed by atoms with Gasteiger partial charge in [-0.2, -0.15) is 5.10 Å². The fourth-order valence-electron chi connectivity index (χ4n) is 5.07. The fourth-order valence-corrected chi connectivity index (χ4v) is 5.07. The van der Waals surface area contributed by atoms with Crippen LogP contribution in [0, 0.1) is 11.7 Å². The van der Waals surface area contributed by atoms with Gasteiger partial charge in [0.1, 0.15) is 5.82 Å². The number of benzene rings is 1. The van der Waals surface area contributed by atoms with Crippen LogP contribution in [0.1, 0.15) is 75.0 Å². The maximum Gasteiger partial charge on any atom is 0.224 e. The van der Waals surface area contributed by atoms with Crippen molar-refractivity contribution >= 4 is 11.6 Å². The van der Waals surface area contributed by atoms with Gasteiger partial charge < -0.3 is 5.32 Å². The zero-order valence-corrected chi connectivity index (χ0v) is 17.7. The van der Waals surface area contributed by atoms with E-state index in [0.29, 0.717) is 18.3 Å². The Morgan fingerprint density at radius 3 is 2.83 bits per heavy atom. The van der Waals surface area contributed by atoms with Crippen molar-refractivity contribution in [2.45, 2.75) is 70.3 Å². The summed E-state index contributed by atoms with van der Waals surface area (Å²) in [5, 5.41) is 10.3. The number of nitrogens with zero attached hydrogens (tertiary/aromatic N) is 2. The van der Waals surface area contributed by atoms with Crippen molar-refractivity contribution in [1.82, 2.24) is 15.1 Å². The lowest BCUT2D eigenvalue weighted by atomic mass is 9.85. The second-order valence-corrected chi connectivity index (χ2v) is 8.95. The van der Waals surface area contributed by atoms with E-state index in [1.807, 2.05) is 6.20 Å². The van der Waals surface area contributed by atoms with Crippen molar-refractivity contribution in [2.24, 2.45) is 5.92 Å². The summed E-state index contributed by atoms with van der Waals surface area (Å²) in [6, 6.07) is 6.33. The second-order valence-electron chi connectivity index (χ2n) is 8.95. The lowest BCUT2D eigenvalue weighted by Gasteiger charge is -2.33. The van der Waals surface area contributed by atoms with Crippen LogP contribution in [0.25, 0.3) is 0 Å². The monoisotopic (exact) mass is 412 g/mol. The number of nitrogens with one attached hydrogen (secondary N) is 2. The first-order chi connectivity index (χ1) is 14.7. The molecule has 6 heteroatoms. The molecule has 1 saturated heterocycles. The maximum absolute atomic E-state index is 13.7. The Morgan fingerprint density at radius 1 is 1.17 bits per heavy atom. The summed E-state index contributed by atoms with van der Waals surface area (Å²) < 4.78 is 13.7. The van der Waals surface area contributed by atoms with Crippen molar-refractivity contribution in [3.05, 3.63) is 47.5 Å². The molecule has 162 valence electrons. The lowest BCUT2D eigenvalue weighted by molar-refractivity contribution is -0.116. The number of halogens is 1. The summed E-state index contributed by atoms with van der Waals surface area (Å²) in [5.41, 5.74) is 2.96. The highest BCUT2D eigenvalue weighted by Gasteiger charge is 2.24. The standard InChI is InChI=1S/C24H33FN4O/c25-21-10-4-5-11-22(21)27-23(30)13-12-18-7-6-14-29(16-18)17-20-15-26-28-24(20)19-8-2-1-3-9-19/h4-5,10-11,15,18-19H,1-3,6-9,12-14,16-17H2,(H,26,28)(H,27,30)/t18-/m1/s1. The topological polar surface area (TPSA) is 61.0 Å². The van der Waals surface area contributed by atoms with Gasteiger partial charge in [-0.3, -0.25) is 14.8 Å². The van der Waals surface area contributed by atoms with Crippen LogP contribution in [0.3, 0.4) is 0 Å². The third-order valence-corrected chi connectivity index (χ3v) is 6.69. The molecule has 1 aromatic heterocycles. The Hall–Kier alpha value is -2.21. The SMILES string of the molecule is O=C(CC[C@H]1CCCN(Cc2cn[nH]c2C2CCCCC2)C1)Nc1ccccc1F. The number of H-pyrrole nitrogens is 1. The Balaban J connectivity index is 1.26. The molecule has 2 N–H and O–H groups in total. The molecule has 0 radical (unpaired) electrons. The van der Waals surface area contributed by atoms with Crippen molar-refractivity contribution in [1.29, 1.82) is 0 Å². The fraction of sp³-hybridized carbons (Fsp3) is 0.583. The Kier molecular flexibility index (Phi) is 7.16. The first-order valence-electron chi connectivity index (χ1n) is 11.5. The average Bonchev–Trinajstić information content (AvgIpc) is 3.23. The molecule has 1 aromatic carbocycles. The quantitative estimate of drug-likeness (QED) is 0.655. The summed E-state index contributed by atoms with van der Waals surface area (Å²) in [6.07, 6.45) is 12.2. The van der Waals surface area contributed by atoms with Gasteiger partial charge in [0.15, 0.2) is 0 Å². The van der Waals surface area contributed by atoms with E-state index < -0.39 is 0 Å². The Bertz CT molecular complexity index is 830. The zero-order chi connectivity index (χ0) is 20.8. The van der Waals surface area contributed by atoms with Crippen LogP contribution >= 0.6 is 0 Å². The minimum absolute atomic E-state index is 0.105. The first kappa shape index (κ1) is 21.0. The number of rotatable bonds is 7. The molecule has 0 unspecified atom stereocenters. The predicted molar refractivity (Wildman–Crippen MR) is 117 cm³/mol. The third kappa shape index (κ3) is 5.48. The molecule has 1 atom stereocenters. The first-order valence-corrected chi connectivity index (χ1v) is 11.5. The summed E-state index contributed by atoms with van der Waals surface area (Å²) in [7, 11) is 0. The predicted octanol–water partition coefficient (Wildman–Crippen LogP) is 5.23. The van der Waals surface area contributed by atoms with E-state index in [4.69, 9.17) is 0 Å². The number of carbonyl (C=O) groups is 1. The highest BCUT2D eigenvalue weighted by molar-refractivity contribution is 5.90. The summed E-state index contributed by atoms with van der Waals surface area (Å²) in [4.78, 5) is 14.8. The van der Waals surface area contributed by atoms with Crippen LogP contribution in [-0.2, 0) is 11.3 Å². The average molecular weight is 413 g/mol. The van der Waals surface area contributed by atoms with Crippen LogP contribution in [0.2, 0.25) is 0 Å². The van der Waals surface area contributed by atoms with Gasteiger partial charge in [0.25, 0.3) is 0 Å². The Labute approximate surface area is 178 Å². The molecule has 2 heterocycles. The van der Waals surface area contributed by atoms with Crippen molar-refractivity contribution in [3.8, 4) is 0 Å². The molecule has 1 saturated carbocycles. The van der Waals surface area contributed by atoms with E-state index in [1.165, 1.54) is 49.4 Å². The smallest absolute Gasteiger partial charge is 0.224 e. The van der Waals surface area contributed by atoms with Gasteiger partial charge in [0.2, 0.25) is 5.91 Å². The third-order valence-electron chi connectivity index (χ3n) is 6.69. The number of amides is 1. The number of aromatic nitrogens is 2. The maximum atomic E-state index is 13.7. The molecule has 2 fully saturated rings. The molecule has 5 nitrogen and oxygen atoms in total. The van der Waals surface area contributed by atoms with Crippen molar-refractivity contribution < 1.29 is 9.18 Å². The van der Waals surface area contributed by atoms with Gasteiger partial charge >= 0.3 is 0 Å². The summed E-state index contributed by atoms with van der Waals surface area (Å²) in [5.74, 6) is 0.657. The number of para-hydroxylation sites is 1. The summed E-state index contributed by atoms with van der Waals surface area (Å²) >= 11 is 0. The van der Waals surface area contributed by atoms with Gasteiger partial charge in [0.05, 0.1) is 11.9 Å². The number of likely N-dealkylation sites (tertiary alicyclic amines) is 1. The molecular weight excluding hydrogens is 379 g/mol. The second kappa shape index (κ2) is 10.2. The van der Waals surface area contributed by atoms with Crippen LogP contribution in [0.15, 0.2) is 30.5 Å². The number of aromatic amines is 1. The Morgan fingerprint density at radius 2 is 2.00 bits per heavy atom. The van der Waals surface area contributed by atoms with E-state index in [9.17, 15) is 9.18 Å². The zero-order valence-electron chi connectivity index (χ0n) is 17.7. The normalized spacial score (nSPS) is 20.9. The number of hydrogen-bond acceptors (Lipinski definition) is 3. The van der Waals surface area contributed by atoms with Crippen LogP contribution in [-0.4, -0.2) is 34.1 Å². The molecule has 0 bridgehead atoms. The molecule has 2 aromatic rings. The van der Waals surface area contributed by atoms with Gasteiger partial charge in [0, 0.05) is 36.7 Å². The summed E-state index contributed by atoms with van der Waals surface area (Å²) in [6.45, 7) is 3.07. The van der Waals surface area contributed by atoms with Gasteiger partial charge in [-0.1, -0.05) is 31.4 Å². The highest BCUT2D eigenvalue weighted by atomic mass is 19.1. The molecule has 0 spiro atoms. The molecule has 1 amide bonds. The van der Waals surface area contributed by atoms with Crippen LogP contribution < -0.4 is 5.32 Å². The molecule has 2 aliphatic rings. The van der Waals surface area contributed by atoms with Crippen molar-refractivity contribution in [2.75, 3.05) is 18.4 Å². The van der Waals surface area contributed by atoms with E-state index in [-0.39, 0.29) is 17.4 Å². The van der Waals surface area contributed by atoms with Crippen molar-refractivity contribution in [3.63, 3.8) is 0 Å². The van der Waals surface area contributed by atoms with E-state index >= 15 is 0 Å². The number of piperidine rings is 1. The van der Waals surface area contributed by atoms with Gasteiger partial charge in [-0.05, 0) is 56.7 Å². The highest BCUT2D eigenvalue weighted by Crippen LogP contribution is 2.34.